The predicted octanol–water partition coefficient (Wildman–Crippen LogP) is 1.66. The number of nitrogens with two attached hydrogens (primary N) is 1. The lowest BCUT2D eigenvalue weighted by Gasteiger charge is -2.18. The lowest BCUT2D eigenvalue weighted by molar-refractivity contribution is 0.318. The summed E-state index contributed by atoms with van der Waals surface area (Å²) in [4.78, 5) is 10.5. The zero-order chi connectivity index (χ0) is 15.4. The number of amidine groups is 1. The largest absolute Gasteiger partial charge is 0.497 e. The van der Waals surface area contributed by atoms with Gasteiger partial charge in [-0.15, -0.1) is 0 Å². The van der Waals surface area contributed by atoms with Crippen LogP contribution in [0.1, 0.15) is 11.4 Å². The Bertz CT molecular complexity index is 672. The van der Waals surface area contributed by atoms with Gasteiger partial charge < -0.3 is 20.6 Å². The smallest absolute Gasteiger partial charge is 0.230 e. The number of hydrogen-bond donors (Lipinski definition) is 2. The first-order chi connectivity index (χ1) is 10.0. The molecule has 0 unspecified atom stereocenters. The van der Waals surface area contributed by atoms with E-state index in [1.807, 2.05) is 38.2 Å². The number of hydrogen-bond acceptors (Lipinski definition) is 6. The monoisotopic (exact) mass is 287 g/mol. The summed E-state index contributed by atoms with van der Waals surface area (Å²) in [5.74, 6) is 1.13. The highest BCUT2D eigenvalue weighted by Crippen LogP contribution is 2.24. The van der Waals surface area contributed by atoms with Crippen molar-refractivity contribution in [1.82, 2.24) is 9.97 Å². The lowest BCUT2D eigenvalue weighted by atomic mass is 10.3. The molecular formula is C14H17N5O2. The Morgan fingerprint density at radius 3 is 2.76 bits per heavy atom. The van der Waals surface area contributed by atoms with Gasteiger partial charge in [-0.1, -0.05) is 11.2 Å². The minimum atomic E-state index is -0.0548. The second-order valence-corrected chi connectivity index (χ2v) is 4.44. The first-order valence-electron chi connectivity index (χ1n) is 6.26. The van der Waals surface area contributed by atoms with Gasteiger partial charge in [0.05, 0.1) is 7.11 Å². The molecule has 0 saturated heterocycles. The zero-order valence-electron chi connectivity index (χ0n) is 12.1. The molecule has 21 heavy (non-hydrogen) atoms. The molecule has 0 saturated carbocycles. The van der Waals surface area contributed by atoms with E-state index in [0.717, 1.165) is 17.1 Å². The number of benzene rings is 1. The molecule has 2 aromatic rings. The highest BCUT2D eigenvalue weighted by Gasteiger charge is 2.12. The van der Waals surface area contributed by atoms with E-state index in [9.17, 15) is 0 Å². The van der Waals surface area contributed by atoms with E-state index in [2.05, 4.69) is 15.1 Å². The van der Waals surface area contributed by atoms with Crippen LogP contribution in [-0.2, 0) is 0 Å². The molecule has 0 aliphatic rings. The van der Waals surface area contributed by atoms with Crippen molar-refractivity contribution in [1.29, 1.82) is 0 Å². The summed E-state index contributed by atoms with van der Waals surface area (Å²) >= 11 is 0. The Labute approximate surface area is 122 Å². The lowest BCUT2D eigenvalue weighted by Crippen LogP contribution is -2.20. The second kappa shape index (κ2) is 6.08. The molecule has 0 aliphatic heterocycles. The normalized spacial score (nSPS) is 11.3. The van der Waals surface area contributed by atoms with Crippen molar-refractivity contribution in [3.63, 3.8) is 0 Å². The van der Waals surface area contributed by atoms with Crippen LogP contribution in [-0.4, -0.2) is 35.2 Å². The summed E-state index contributed by atoms with van der Waals surface area (Å²) in [6.07, 6.45) is 0. The minimum Gasteiger partial charge on any atom is -0.497 e. The molecule has 7 heteroatoms. The van der Waals surface area contributed by atoms with Crippen molar-refractivity contribution in [3.05, 3.63) is 41.7 Å². The minimum absolute atomic E-state index is 0.0548. The molecule has 0 atom stereocenters. The van der Waals surface area contributed by atoms with Crippen molar-refractivity contribution in [3.8, 4) is 5.75 Å². The van der Waals surface area contributed by atoms with E-state index >= 15 is 0 Å². The second-order valence-electron chi connectivity index (χ2n) is 4.44. The van der Waals surface area contributed by atoms with Gasteiger partial charge in [-0.3, -0.25) is 0 Å². The van der Waals surface area contributed by atoms with E-state index in [1.54, 1.807) is 18.1 Å². The summed E-state index contributed by atoms with van der Waals surface area (Å²) in [5, 5.41) is 11.7. The number of anilines is 2. The number of aromatic nitrogens is 2. The molecule has 1 aromatic carbocycles. The van der Waals surface area contributed by atoms with E-state index in [-0.39, 0.29) is 5.84 Å². The fraction of sp³-hybridized carbons (Fsp3) is 0.214. The van der Waals surface area contributed by atoms with Crippen LogP contribution in [0.2, 0.25) is 0 Å². The number of ether oxygens (including phenoxy) is 1. The maximum atomic E-state index is 8.77. The van der Waals surface area contributed by atoms with E-state index in [4.69, 9.17) is 15.7 Å². The van der Waals surface area contributed by atoms with Gasteiger partial charge in [-0.2, -0.15) is 0 Å². The molecule has 0 aliphatic carbocycles. The van der Waals surface area contributed by atoms with Crippen LogP contribution in [0.3, 0.4) is 0 Å². The quantitative estimate of drug-likeness (QED) is 0.384. The van der Waals surface area contributed by atoms with Gasteiger partial charge in [0, 0.05) is 24.5 Å². The summed E-state index contributed by atoms with van der Waals surface area (Å²) < 4.78 is 5.20. The summed E-state index contributed by atoms with van der Waals surface area (Å²) in [6, 6.07) is 9.17. The molecule has 1 aromatic heterocycles. The van der Waals surface area contributed by atoms with Gasteiger partial charge >= 0.3 is 0 Å². The molecule has 0 spiro atoms. The SMILES string of the molecule is COc1cccc(N(C)c2nc(C)cc(/C(N)=N/O)n2)c1. The number of rotatable bonds is 4. The summed E-state index contributed by atoms with van der Waals surface area (Å²) in [7, 11) is 3.44. The van der Waals surface area contributed by atoms with Crippen molar-refractivity contribution < 1.29 is 9.94 Å². The fourth-order valence-corrected chi connectivity index (χ4v) is 1.82. The maximum absolute atomic E-state index is 8.77. The molecular weight excluding hydrogens is 270 g/mol. The third-order valence-electron chi connectivity index (χ3n) is 2.95. The topological polar surface area (TPSA) is 96.9 Å². The van der Waals surface area contributed by atoms with Crippen molar-refractivity contribution in [2.75, 3.05) is 19.1 Å². The van der Waals surface area contributed by atoms with Crippen LogP contribution in [0.5, 0.6) is 5.75 Å². The molecule has 0 radical (unpaired) electrons. The Balaban J connectivity index is 2.42. The Morgan fingerprint density at radius 1 is 1.33 bits per heavy atom. The number of aryl methyl sites for hydroxylation is 1. The first-order valence-corrected chi connectivity index (χ1v) is 6.26. The van der Waals surface area contributed by atoms with Crippen LogP contribution >= 0.6 is 0 Å². The van der Waals surface area contributed by atoms with Crippen molar-refractivity contribution in [2.24, 2.45) is 10.9 Å². The average molecular weight is 287 g/mol. The average Bonchev–Trinajstić information content (AvgIpc) is 2.52. The molecule has 0 fully saturated rings. The van der Waals surface area contributed by atoms with Crippen LogP contribution in [0.4, 0.5) is 11.6 Å². The third-order valence-corrected chi connectivity index (χ3v) is 2.95. The molecule has 2 rings (SSSR count). The van der Waals surface area contributed by atoms with E-state index < -0.39 is 0 Å². The predicted molar refractivity (Wildman–Crippen MR) is 80.3 cm³/mol. The van der Waals surface area contributed by atoms with Gasteiger partial charge in [-0.25, -0.2) is 9.97 Å². The summed E-state index contributed by atoms with van der Waals surface area (Å²) in [5.41, 5.74) is 7.54. The Hall–Kier alpha value is -2.83. The van der Waals surface area contributed by atoms with E-state index in [0.29, 0.717) is 11.6 Å². The first kappa shape index (κ1) is 14.6. The maximum Gasteiger partial charge on any atom is 0.230 e. The molecule has 3 N–H and O–H groups in total. The molecule has 0 amide bonds. The summed E-state index contributed by atoms with van der Waals surface area (Å²) in [6.45, 7) is 1.82. The highest BCUT2D eigenvalue weighted by atomic mass is 16.5. The number of nitrogens with zero attached hydrogens (tertiary/aromatic N) is 4. The molecule has 0 bridgehead atoms. The van der Waals surface area contributed by atoms with Gasteiger partial charge in [0.2, 0.25) is 5.95 Å². The Kier molecular flexibility index (Phi) is 4.22. The third kappa shape index (κ3) is 3.19. The van der Waals surface area contributed by atoms with Crippen LogP contribution in [0.25, 0.3) is 0 Å². The van der Waals surface area contributed by atoms with Crippen LogP contribution in [0, 0.1) is 6.92 Å². The fourth-order valence-electron chi connectivity index (χ4n) is 1.82. The Morgan fingerprint density at radius 2 is 2.10 bits per heavy atom. The number of methoxy groups -OCH3 is 1. The highest BCUT2D eigenvalue weighted by molar-refractivity contribution is 5.95. The molecule has 7 nitrogen and oxygen atoms in total. The number of oxime groups is 1. The molecule has 1 heterocycles. The van der Waals surface area contributed by atoms with Gasteiger partial charge in [0.15, 0.2) is 5.84 Å². The van der Waals surface area contributed by atoms with Crippen molar-refractivity contribution >= 4 is 17.5 Å². The molecule has 110 valence electrons. The zero-order valence-corrected chi connectivity index (χ0v) is 12.1. The van der Waals surface area contributed by atoms with Gasteiger partial charge in [0.25, 0.3) is 0 Å². The van der Waals surface area contributed by atoms with Gasteiger partial charge in [-0.05, 0) is 25.1 Å². The van der Waals surface area contributed by atoms with Gasteiger partial charge in [0.1, 0.15) is 11.4 Å². The van der Waals surface area contributed by atoms with E-state index in [1.165, 1.54) is 0 Å². The van der Waals surface area contributed by atoms with Crippen molar-refractivity contribution in [2.45, 2.75) is 6.92 Å². The van der Waals surface area contributed by atoms with Crippen LogP contribution in [0.15, 0.2) is 35.5 Å². The standard InChI is InChI=1S/C14H17N5O2/c1-9-7-12(13(15)18-20)17-14(16-9)19(2)10-5-4-6-11(8-10)21-3/h4-8,20H,1-3H3,(H2,15,18). The van der Waals surface area contributed by atoms with Crippen LogP contribution < -0.4 is 15.4 Å².